The Morgan fingerprint density at radius 2 is 1.88 bits per heavy atom. The number of aliphatic hydroxyl groups excluding tert-OH is 3. The predicted molar refractivity (Wildman–Crippen MR) is 151 cm³/mol. The maximum absolute atomic E-state index is 13.6. The van der Waals surface area contributed by atoms with Gasteiger partial charge in [0.25, 0.3) is 0 Å². The van der Waals surface area contributed by atoms with Gasteiger partial charge in [0, 0.05) is 30.6 Å². The van der Waals surface area contributed by atoms with Gasteiger partial charge in [0.2, 0.25) is 11.8 Å². The highest BCUT2D eigenvalue weighted by atomic mass is 35.5. The summed E-state index contributed by atoms with van der Waals surface area (Å²) in [6.07, 6.45) is -0.322. The summed E-state index contributed by atoms with van der Waals surface area (Å²) in [4.78, 5) is 28.6. The molecule has 0 spiro atoms. The largest absolute Gasteiger partial charge is 0.493 e. The Hall–Kier alpha value is -2.82. The normalized spacial score (nSPS) is 21.3. The van der Waals surface area contributed by atoms with Crippen molar-refractivity contribution in [3.63, 3.8) is 0 Å². The summed E-state index contributed by atoms with van der Waals surface area (Å²) in [5.74, 6) is -0.616. The molecule has 9 nitrogen and oxygen atoms in total. The monoisotopic (exact) mass is 592 g/mol. The van der Waals surface area contributed by atoms with Crippen molar-refractivity contribution < 1.29 is 34.4 Å². The summed E-state index contributed by atoms with van der Waals surface area (Å²) in [5.41, 5.74) is 2.12. The highest BCUT2D eigenvalue weighted by Gasteiger charge is 2.51. The van der Waals surface area contributed by atoms with Crippen LogP contribution in [0.4, 0.5) is 0 Å². The number of fused-ring (bicyclic) bond motifs is 3. The first-order chi connectivity index (χ1) is 19.1. The molecule has 2 aliphatic rings. The molecule has 4 atom stereocenters. The van der Waals surface area contributed by atoms with Crippen LogP contribution < -0.4 is 14.8 Å². The summed E-state index contributed by atoms with van der Waals surface area (Å²) in [5, 5.41) is 34.3. The Morgan fingerprint density at radius 1 is 1.12 bits per heavy atom. The molecule has 40 heavy (non-hydrogen) atoms. The van der Waals surface area contributed by atoms with E-state index in [0.717, 1.165) is 0 Å². The zero-order valence-electron chi connectivity index (χ0n) is 22.6. The number of methoxy groups -OCH3 is 1. The van der Waals surface area contributed by atoms with Gasteiger partial charge in [-0.2, -0.15) is 0 Å². The number of nitrogens with zero attached hydrogens (tertiary/aromatic N) is 1. The number of carbonyl (C=O) groups excluding carboxylic acids is 2. The predicted octanol–water partition coefficient (Wildman–Crippen LogP) is 3.19. The lowest BCUT2D eigenvalue weighted by Gasteiger charge is -2.41. The van der Waals surface area contributed by atoms with Gasteiger partial charge in [0.15, 0.2) is 11.5 Å². The van der Waals surface area contributed by atoms with Crippen molar-refractivity contribution in [2.24, 2.45) is 5.92 Å². The van der Waals surface area contributed by atoms with Crippen LogP contribution >= 0.6 is 23.2 Å². The molecule has 2 amide bonds. The van der Waals surface area contributed by atoms with Crippen molar-refractivity contribution in [3.05, 3.63) is 68.7 Å². The van der Waals surface area contributed by atoms with Crippen molar-refractivity contribution in [2.75, 3.05) is 20.3 Å². The molecule has 2 aromatic rings. The van der Waals surface area contributed by atoms with E-state index >= 15 is 0 Å². The smallest absolute Gasteiger partial charge is 0.247 e. The number of ether oxygens (including phenoxy) is 2. The van der Waals surface area contributed by atoms with E-state index in [-0.39, 0.29) is 50.1 Å². The van der Waals surface area contributed by atoms with E-state index in [0.29, 0.717) is 38.2 Å². The van der Waals surface area contributed by atoms with E-state index in [1.807, 2.05) is 13.8 Å². The molecule has 4 rings (SSSR count). The maximum Gasteiger partial charge on any atom is 0.247 e. The third kappa shape index (κ3) is 6.09. The zero-order valence-corrected chi connectivity index (χ0v) is 24.1. The molecule has 216 valence electrons. The molecular weight excluding hydrogens is 559 g/mol. The lowest BCUT2D eigenvalue weighted by Crippen LogP contribution is -2.55. The Labute approximate surface area is 243 Å². The number of hydrogen-bond acceptors (Lipinski definition) is 7. The first kappa shape index (κ1) is 30.1. The molecule has 0 saturated carbocycles. The molecule has 0 bridgehead atoms. The quantitative estimate of drug-likeness (QED) is 0.333. The van der Waals surface area contributed by atoms with E-state index in [4.69, 9.17) is 32.7 Å². The van der Waals surface area contributed by atoms with E-state index in [2.05, 4.69) is 5.32 Å². The van der Waals surface area contributed by atoms with E-state index < -0.39 is 30.1 Å². The summed E-state index contributed by atoms with van der Waals surface area (Å²) < 4.78 is 11.8. The molecular formula is C29H34Cl2N2O7. The summed E-state index contributed by atoms with van der Waals surface area (Å²) >= 11 is 12.3. The van der Waals surface area contributed by atoms with Crippen LogP contribution in [-0.2, 0) is 22.7 Å². The van der Waals surface area contributed by atoms with Crippen LogP contribution in [-0.4, -0.2) is 70.5 Å². The van der Waals surface area contributed by atoms with Crippen molar-refractivity contribution in [3.8, 4) is 11.5 Å². The van der Waals surface area contributed by atoms with Crippen LogP contribution in [0.25, 0.3) is 0 Å². The summed E-state index contributed by atoms with van der Waals surface area (Å²) in [6, 6.07) is 7.50. The molecule has 0 fully saturated rings. The second-order valence-electron chi connectivity index (χ2n) is 10.4. The van der Waals surface area contributed by atoms with E-state index in [9.17, 15) is 24.9 Å². The summed E-state index contributed by atoms with van der Waals surface area (Å²) in [7, 11) is 1.47. The number of rotatable bonds is 10. The van der Waals surface area contributed by atoms with Gasteiger partial charge in [-0.05, 0) is 47.4 Å². The minimum atomic E-state index is -1.21. The first-order valence-corrected chi connectivity index (χ1v) is 13.9. The van der Waals surface area contributed by atoms with Gasteiger partial charge in [0.1, 0.15) is 12.2 Å². The minimum Gasteiger partial charge on any atom is -0.493 e. The molecule has 1 aliphatic heterocycles. The van der Waals surface area contributed by atoms with Gasteiger partial charge in [-0.3, -0.25) is 9.59 Å². The van der Waals surface area contributed by atoms with Crippen LogP contribution in [0.1, 0.15) is 42.9 Å². The van der Waals surface area contributed by atoms with Gasteiger partial charge in [-0.25, -0.2) is 0 Å². The average Bonchev–Trinajstić information content (AvgIpc) is 3.32. The second kappa shape index (κ2) is 12.8. The number of benzene rings is 2. The van der Waals surface area contributed by atoms with E-state index in [1.165, 1.54) is 12.0 Å². The molecule has 1 heterocycles. The fourth-order valence-corrected chi connectivity index (χ4v) is 5.60. The molecule has 11 heteroatoms. The molecule has 4 unspecified atom stereocenters. The molecule has 0 aromatic heterocycles. The number of aliphatic hydroxyl groups is 3. The second-order valence-corrected chi connectivity index (χ2v) is 11.2. The van der Waals surface area contributed by atoms with Gasteiger partial charge in [-0.1, -0.05) is 43.1 Å². The Bertz CT molecular complexity index is 1300. The standard InChI is InChI=1S/C29H34Cl2N2O7/c1-15(2)8-24(36)33(13-16-4-5-20(30)21(31)10-16)22-12-19(29(38)32-6-7-34)25-18-9-17(14-35)11-23(39-3)27(18)40-28(25)26(22)37/h4-5,9-12,15,22,25-26,28,34-35,37H,6-8,13-14H2,1-3H3,(H,32,38). The number of carbonyl (C=O) groups is 2. The van der Waals surface area contributed by atoms with Crippen molar-refractivity contribution >= 4 is 35.0 Å². The Kier molecular flexibility index (Phi) is 9.64. The maximum atomic E-state index is 13.6. The van der Waals surface area contributed by atoms with Crippen LogP contribution in [0.3, 0.4) is 0 Å². The summed E-state index contributed by atoms with van der Waals surface area (Å²) in [6.45, 7) is 3.46. The molecule has 0 saturated heterocycles. The Balaban J connectivity index is 1.82. The zero-order chi connectivity index (χ0) is 29.1. The fraction of sp³-hybridized carbons (Fsp3) is 0.448. The number of halogens is 2. The lowest BCUT2D eigenvalue weighted by molar-refractivity contribution is -0.138. The highest BCUT2D eigenvalue weighted by molar-refractivity contribution is 6.42. The van der Waals surface area contributed by atoms with Gasteiger partial charge in [-0.15, -0.1) is 0 Å². The minimum absolute atomic E-state index is 0.0216. The van der Waals surface area contributed by atoms with Crippen LogP contribution in [0, 0.1) is 5.92 Å². The van der Waals surface area contributed by atoms with Crippen molar-refractivity contribution in [2.45, 2.75) is 57.6 Å². The number of hydrogen-bond donors (Lipinski definition) is 4. The van der Waals surface area contributed by atoms with Crippen molar-refractivity contribution in [1.29, 1.82) is 0 Å². The molecule has 1 aliphatic carbocycles. The van der Waals surface area contributed by atoms with E-state index in [1.54, 1.807) is 36.4 Å². The highest BCUT2D eigenvalue weighted by Crippen LogP contribution is 2.51. The fourth-order valence-electron chi connectivity index (χ4n) is 5.28. The van der Waals surface area contributed by atoms with Crippen LogP contribution in [0.2, 0.25) is 10.0 Å². The van der Waals surface area contributed by atoms with Crippen LogP contribution in [0.5, 0.6) is 11.5 Å². The number of nitrogens with one attached hydrogen (secondary N) is 1. The van der Waals surface area contributed by atoms with Crippen LogP contribution in [0.15, 0.2) is 42.0 Å². The van der Waals surface area contributed by atoms with Gasteiger partial charge < -0.3 is 35.0 Å². The van der Waals surface area contributed by atoms with Gasteiger partial charge >= 0.3 is 0 Å². The SMILES string of the molecule is COc1cc(CO)cc2c1OC1C2C(C(=O)NCCO)=CC(N(Cc2ccc(Cl)c(Cl)c2)C(=O)CC(C)C)C1O. The van der Waals surface area contributed by atoms with Crippen molar-refractivity contribution in [1.82, 2.24) is 10.2 Å². The first-order valence-electron chi connectivity index (χ1n) is 13.1. The number of amides is 2. The Morgan fingerprint density at radius 3 is 2.50 bits per heavy atom. The third-order valence-electron chi connectivity index (χ3n) is 7.09. The lowest BCUT2D eigenvalue weighted by atomic mass is 9.77. The topological polar surface area (TPSA) is 129 Å². The molecule has 4 N–H and O–H groups in total. The average molecular weight is 594 g/mol. The molecule has 0 radical (unpaired) electrons. The third-order valence-corrected chi connectivity index (χ3v) is 7.83. The van der Waals surface area contributed by atoms with Gasteiger partial charge in [0.05, 0.1) is 42.3 Å². The molecule has 2 aromatic carbocycles.